The van der Waals surface area contributed by atoms with Crippen LogP contribution in [0.4, 0.5) is 17.1 Å². The third-order valence-corrected chi connectivity index (χ3v) is 8.75. The third-order valence-electron chi connectivity index (χ3n) is 6.81. The predicted octanol–water partition coefficient (Wildman–Crippen LogP) is 3.95. The van der Waals surface area contributed by atoms with E-state index < -0.39 is 27.4 Å². The molecule has 3 aromatic rings. The molecule has 0 radical (unpaired) electrons. The summed E-state index contributed by atoms with van der Waals surface area (Å²) in [5.74, 6) is -0.0797. The molecule has 0 unspecified atom stereocenters. The Morgan fingerprint density at radius 3 is 2.08 bits per heavy atom. The first-order valence-corrected chi connectivity index (χ1v) is 15.2. The molecular formula is C28H29N3O7S2. The van der Waals surface area contributed by atoms with Crippen molar-refractivity contribution in [2.75, 3.05) is 60.6 Å². The summed E-state index contributed by atoms with van der Waals surface area (Å²) in [6.45, 7) is 0. The number of carbonyl (C=O) groups excluding carboxylic acids is 2. The average molecular weight is 584 g/mol. The highest BCUT2D eigenvalue weighted by Gasteiger charge is 2.53. The van der Waals surface area contributed by atoms with Crippen LogP contribution in [0.25, 0.3) is 0 Å². The lowest BCUT2D eigenvalue weighted by Crippen LogP contribution is -2.33. The smallest absolute Gasteiger partial charge is 0.340 e. The van der Waals surface area contributed by atoms with E-state index in [-0.39, 0.29) is 17.4 Å². The van der Waals surface area contributed by atoms with E-state index in [2.05, 4.69) is 5.32 Å². The Hall–Kier alpha value is -3.74. The molecule has 210 valence electrons. The van der Waals surface area contributed by atoms with E-state index in [1.807, 2.05) is 74.4 Å². The van der Waals surface area contributed by atoms with Crippen molar-refractivity contribution in [1.82, 2.24) is 0 Å². The standard InChI is InChI=1S/C28H29N3O7S2/c1-30(2)18-6-9-21-24(14-18)37-25-15-19(31(3)4)7-10-22(25)28(21)23-13-17(5-8-20(23)27(33)38-28)29-26(32)16-39-11-12-40(34,35)36/h5-10,13-15H,11-12,16H2,1-4H3,(H,29,32)(H,34,35,36). The second-order valence-corrected chi connectivity index (χ2v) is 12.6. The Morgan fingerprint density at radius 1 is 0.925 bits per heavy atom. The van der Waals surface area contributed by atoms with Gasteiger partial charge in [-0.3, -0.25) is 9.35 Å². The van der Waals surface area contributed by atoms with Gasteiger partial charge in [0.05, 0.1) is 17.1 Å². The normalized spacial score (nSPS) is 14.5. The number of nitrogens with zero attached hydrogens (tertiary/aromatic N) is 2. The fraction of sp³-hybridized carbons (Fsp3) is 0.286. The molecule has 2 aliphatic heterocycles. The van der Waals surface area contributed by atoms with Gasteiger partial charge in [0, 0.05) is 79.8 Å². The van der Waals surface area contributed by atoms with Crippen LogP contribution in [-0.4, -0.2) is 70.3 Å². The zero-order chi connectivity index (χ0) is 28.8. The van der Waals surface area contributed by atoms with Crippen molar-refractivity contribution in [3.8, 4) is 11.5 Å². The van der Waals surface area contributed by atoms with Crippen molar-refractivity contribution in [3.05, 3.63) is 76.9 Å². The topological polar surface area (TPSA) is 125 Å². The fourth-order valence-corrected chi connectivity index (χ4v) is 6.57. The minimum atomic E-state index is -4.09. The molecule has 40 heavy (non-hydrogen) atoms. The number of hydrogen-bond acceptors (Lipinski definition) is 9. The Balaban J connectivity index is 1.57. The first kappa shape index (κ1) is 27.8. The molecule has 0 saturated carbocycles. The Kier molecular flexibility index (Phi) is 7.19. The maximum absolute atomic E-state index is 13.3. The highest BCUT2D eigenvalue weighted by Crippen LogP contribution is 2.57. The van der Waals surface area contributed by atoms with Gasteiger partial charge in [-0.15, -0.1) is 0 Å². The molecule has 12 heteroatoms. The maximum Gasteiger partial charge on any atom is 0.340 e. The van der Waals surface area contributed by atoms with E-state index in [9.17, 15) is 18.0 Å². The number of rotatable bonds is 8. The van der Waals surface area contributed by atoms with E-state index in [1.165, 1.54) is 0 Å². The van der Waals surface area contributed by atoms with Crippen LogP contribution in [0.2, 0.25) is 0 Å². The average Bonchev–Trinajstić information content (AvgIpc) is 3.17. The Morgan fingerprint density at radius 2 is 1.52 bits per heavy atom. The maximum atomic E-state index is 13.3. The quantitative estimate of drug-likeness (QED) is 0.229. The van der Waals surface area contributed by atoms with Gasteiger partial charge in [-0.25, -0.2) is 4.79 Å². The number of fused-ring (bicyclic) bond motifs is 6. The van der Waals surface area contributed by atoms with Crippen LogP contribution in [0.5, 0.6) is 11.5 Å². The minimum absolute atomic E-state index is 0.00664. The summed E-state index contributed by atoms with van der Waals surface area (Å²) < 4.78 is 43.3. The molecule has 3 aromatic carbocycles. The van der Waals surface area contributed by atoms with Crippen molar-refractivity contribution < 1.29 is 32.0 Å². The van der Waals surface area contributed by atoms with Crippen molar-refractivity contribution in [1.29, 1.82) is 0 Å². The van der Waals surface area contributed by atoms with Gasteiger partial charge in [0.2, 0.25) is 5.91 Å². The lowest BCUT2D eigenvalue weighted by atomic mass is 9.77. The summed E-state index contributed by atoms with van der Waals surface area (Å²) in [6.07, 6.45) is 0. The van der Waals surface area contributed by atoms with Crippen LogP contribution >= 0.6 is 11.8 Å². The number of amides is 1. The van der Waals surface area contributed by atoms with E-state index in [0.717, 1.165) is 23.1 Å². The van der Waals surface area contributed by atoms with Gasteiger partial charge in [0.15, 0.2) is 5.60 Å². The lowest BCUT2D eigenvalue weighted by Gasteiger charge is -2.37. The summed E-state index contributed by atoms with van der Waals surface area (Å²) in [4.78, 5) is 29.8. The van der Waals surface area contributed by atoms with Gasteiger partial charge in [-0.05, 0) is 42.5 Å². The number of thioether (sulfide) groups is 1. The number of benzene rings is 3. The summed E-state index contributed by atoms with van der Waals surface area (Å²) in [7, 11) is 3.63. The van der Waals surface area contributed by atoms with E-state index in [1.54, 1.807) is 18.2 Å². The predicted molar refractivity (Wildman–Crippen MR) is 156 cm³/mol. The molecule has 0 atom stereocenters. The fourth-order valence-electron chi connectivity index (χ4n) is 4.86. The number of esters is 1. The van der Waals surface area contributed by atoms with Gasteiger partial charge >= 0.3 is 5.97 Å². The first-order chi connectivity index (χ1) is 18.9. The van der Waals surface area contributed by atoms with Gasteiger partial charge in [0.1, 0.15) is 11.5 Å². The molecule has 0 aromatic heterocycles. The molecule has 1 spiro atoms. The molecule has 5 rings (SSSR count). The third kappa shape index (κ3) is 5.09. The zero-order valence-electron chi connectivity index (χ0n) is 22.4. The van der Waals surface area contributed by atoms with Gasteiger partial charge in [-0.1, -0.05) is 0 Å². The van der Waals surface area contributed by atoms with Crippen molar-refractivity contribution in [3.63, 3.8) is 0 Å². The summed E-state index contributed by atoms with van der Waals surface area (Å²) in [6, 6.07) is 16.5. The molecule has 0 aliphatic carbocycles. The number of anilines is 3. The van der Waals surface area contributed by atoms with E-state index in [0.29, 0.717) is 39.4 Å². The zero-order valence-corrected chi connectivity index (χ0v) is 24.1. The highest BCUT2D eigenvalue weighted by molar-refractivity contribution is 8.00. The highest BCUT2D eigenvalue weighted by atomic mass is 32.2. The SMILES string of the molecule is CN(C)c1ccc2c(c1)Oc1cc(N(C)C)ccc1C21OC(=O)c2ccc(NC(=O)CSCCS(=O)(=O)O)cc21. The van der Waals surface area contributed by atoms with Crippen molar-refractivity contribution >= 4 is 50.8 Å². The Labute approximate surface area is 237 Å². The molecular weight excluding hydrogens is 554 g/mol. The molecule has 10 nitrogen and oxygen atoms in total. The summed E-state index contributed by atoms with van der Waals surface area (Å²) in [5.41, 5.74) is 3.29. The largest absolute Gasteiger partial charge is 0.456 e. The van der Waals surface area contributed by atoms with Gasteiger partial charge in [-0.2, -0.15) is 20.2 Å². The number of ether oxygens (including phenoxy) is 2. The lowest BCUT2D eigenvalue weighted by molar-refractivity contribution is -0.113. The second kappa shape index (κ2) is 10.3. The van der Waals surface area contributed by atoms with Crippen molar-refractivity contribution in [2.45, 2.75) is 5.60 Å². The van der Waals surface area contributed by atoms with Gasteiger partial charge in [0.25, 0.3) is 10.1 Å². The van der Waals surface area contributed by atoms with Crippen LogP contribution in [0.3, 0.4) is 0 Å². The molecule has 2 heterocycles. The van der Waals surface area contributed by atoms with Crippen LogP contribution in [0.1, 0.15) is 27.0 Å². The monoisotopic (exact) mass is 583 g/mol. The molecule has 1 amide bonds. The Bertz CT molecular complexity index is 1560. The van der Waals surface area contributed by atoms with E-state index in [4.69, 9.17) is 14.0 Å². The summed E-state index contributed by atoms with van der Waals surface area (Å²) in [5, 5.41) is 2.82. The van der Waals surface area contributed by atoms with Crippen LogP contribution in [0.15, 0.2) is 54.6 Å². The molecule has 0 bridgehead atoms. The number of nitrogens with one attached hydrogen (secondary N) is 1. The van der Waals surface area contributed by atoms with Crippen LogP contribution < -0.4 is 19.9 Å². The van der Waals surface area contributed by atoms with Gasteiger partial charge < -0.3 is 24.6 Å². The first-order valence-electron chi connectivity index (χ1n) is 12.4. The molecule has 2 aliphatic rings. The number of hydrogen-bond donors (Lipinski definition) is 2. The van der Waals surface area contributed by atoms with Crippen LogP contribution in [0, 0.1) is 0 Å². The molecule has 0 saturated heterocycles. The number of carbonyl (C=O) groups is 2. The second-order valence-electron chi connectivity index (χ2n) is 9.97. The summed E-state index contributed by atoms with van der Waals surface area (Å²) >= 11 is 1.09. The molecule has 0 fully saturated rings. The van der Waals surface area contributed by atoms with Crippen molar-refractivity contribution in [2.24, 2.45) is 0 Å². The van der Waals surface area contributed by atoms with E-state index >= 15 is 0 Å². The minimum Gasteiger partial charge on any atom is -0.456 e. The van der Waals surface area contributed by atoms with Crippen LogP contribution in [-0.2, 0) is 25.3 Å². The molecule has 2 N–H and O–H groups in total.